The predicted octanol–water partition coefficient (Wildman–Crippen LogP) is 4.25. The Kier molecular flexibility index (Phi) is 9.00. The van der Waals surface area contributed by atoms with Gasteiger partial charge in [0.2, 0.25) is 0 Å². The minimum Gasteiger partial charge on any atom is -0.0683 e. The molecule has 0 N–H and O–H groups in total. The zero-order valence-corrected chi connectivity index (χ0v) is 8.62. The highest BCUT2D eigenvalue weighted by molar-refractivity contribution is 4.59. The summed E-state index contributed by atoms with van der Waals surface area (Å²) in [5.74, 6) is 0. The van der Waals surface area contributed by atoms with E-state index in [0.29, 0.717) is 5.41 Å². The monoisotopic (exact) mass is 144 g/mol. The lowest BCUT2D eigenvalue weighted by Gasteiger charge is -2.16. The molecule has 0 saturated heterocycles. The summed E-state index contributed by atoms with van der Waals surface area (Å²) in [4.78, 5) is 0. The van der Waals surface area contributed by atoms with Crippen LogP contribution in [0.1, 0.15) is 60.8 Å². The minimum atomic E-state index is 0.552. The standard InChI is InChI=1S/C8H18.C2H6/c1-5-6-7-8(2,3)4;1-2/h5-7H2,1-4H3;1-2H3. The lowest BCUT2D eigenvalue weighted by atomic mass is 9.90. The summed E-state index contributed by atoms with van der Waals surface area (Å²) in [5, 5.41) is 0. The van der Waals surface area contributed by atoms with E-state index in [1.54, 1.807) is 0 Å². The van der Waals surface area contributed by atoms with E-state index in [2.05, 4.69) is 27.7 Å². The fourth-order valence-electron chi connectivity index (χ4n) is 0.707. The van der Waals surface area contributed by atoms with Gasteiger partial charge in [0.15, 0.2) is 0 Å². The fraction of sp³-hybridized carbons (Fsp3) is 1.00. The lowest BCUT2D eigenvalue weighted by molar-refractivity contribution is 0.363. The zero-order chi connectivity index (χ0) is 8.62. The van der Waals surface area contributed by atoms with E-state index in [-0.39, 0.29) is 0 Å². The molecule has 0 aromatic heterocycles. The van der Waals surface area contributed by atoms with Crippen LogP contribution in [0.5, 0.6) is 0 Å². The van der Waals surface area contributed by atoms with Crippen LogP contribution >= 0.6 is 0 Å². The Morgan fingerprint density at radius 1 is 1.00 bits per heavy atom. The summed E-state index contributed by atoms with van der Waals surface area (Å²) in [6, 6.07) is 0. The average Bonchev–Trinajstić information content (AvgIpc) is 1.87. The zero-order valence-electron chi connectivity index (χ0n) is 8.62. The SMILES string of the molecule is CC.CCCCC(C)(C)C. The molecule has 64 valence electrons. The molecule has 0 aliphatic carbocycles. The normalized spacial score (nSPS) is 10.2. The number of hydrogen-bond acceptors (Lipinski definition) is 0. The van der Waals surface area contributed by atoms with Gasteiger partial charge in [0.1, 0.15) is 0 Å². The first-order valence-electron chi connectivity index (χ1n) is 4.56. The summed E-state index contributed by atoms with van der Waals surface area (Å²) < 4.78 is 0. The van der Waals surface area contributed by atoms with Crippen molar-refractivity contribution in [2.75, 3.05) is 0 Å². The minimum absolute atomic E-state index is 0.552. The Hall–Kier alpha value is 0. The third kappa shape index (κ3) is 15.7. The van der Waals surface area contributed by atoms with Crippen molar-refractivity contribution in [3.05, 3.63) is 0 Å². The van der Waals surface area contributed by atoms with Crippen LogP contribution in [0.3, 0.4) is 0 Å². The second-order valence-electron chi connectivity index (χ2n) is 3.66. The summed E-state index contributed by atoms with van der Waals surface area (Å²) in [5.41, 5.74) is 0.552. The highest BCUT2D eigenvalue weighted by Gasteiger charge is 2.07. The molecule has 0 fully saturated rings. The van der Waals surface area contributed by atoms with Crippen LogP contribution in [0.2, 0.25) is 0 Å². The molecule has 0 aromatic rings. The summed E-state index contributed by atoms with van der Waals surface area (Å²) in [6.07, 6.45) is 4.07. The molecule has 0 aromatic carbocycles. The topological polar surface area (TPSA) is 0 Å². The smallest absolute Gasteiger partial charge is 0.0383 e. The Balaban J connectivity index is 0. The summed E-state index contributed by atoms with van der Waals surface area (Å²) in [6.45, 7) is 13.1. The van der Waals surface area contributed by atoms with Crippen molar-refractivity contribution in [2.45, 2.75) is 60.8 Å². The van der Waals surface area contributed by atoms with Gasteiger partial charge in [-0.05, 0) is 11.8 Å². The lowest BCUT2D eigenvalue weighted by Crippen LogP contribution is -2.03. The van der Waals surface area contributed by atoms with Gasteiger partial charge < -0.3 is 0 Å². The van der Waals surface area contributed by atoms with Crippen LogP contribution in [0.25, 0.3) is 0 Å². The Morgan fingerprint density at radius 3 is 1.50 bits per heavy atom. The van der Waals surface area contributed by atoms with Crippen LogP contribution in [-0.4, -0.2) is 0 Å². The van der Waals surface area contributed by atoms with Gasteiger partial charge in [0.25, 0.3) is 0 Å². The molecule has 0 nitrogen and oxygen atoms in total. The highest BCUT2D eigenvalue weighted by Crippen LogP contribution is 2.20. The molecule has 0 aliphatic rings. The second kappa shape index (κ2) is 7.11. The number of unbranched alkanes of at least 4 members (excludes halogenated alkanes) is 1. The van der Waals surface area contributed by atoms with Crippen molar-refractivity contribution in [1.82, 2.24) is 0 Å². The third-order valence-corrected chi connectivity index (χ3v) is 1.28. The predicted molar refractivity (Wildman–Crippen MR) is 50.3 cm³/mol. The van der Waals surface area contributed by atoms with Crippen molar-refractivity contribution in [2.24, 2.45) is 5.41 Å². The molecular weight excluding hydrogens is 120 g/mol. The van der Waals surface area contributed by atoms with Crippen molar-refractivity contribution < 1.29 is 0 Å². The summed E-state index contributed by atoms with van der Waals surface area (Å²) >= 11 is 0. The van der Waals surface area contributed by atoms with Gasteiger partial charge in [-0.15, -0.1) is 0 Å². The number of hydrogen-bond donors (Lipinski definition) is 0. The molecule has 0 unspecified atom stereocenters. The molecule has 0 saturated carbocycles. The molecule has 0 heteroatoms. The Morgan fingerprint density at radius 2 is 1.40 bits per heavy atom. The molecule has 0 radical (unpaired) electrons. The maximum Gasteiger partial charge on any atom is -0.0383 e. The number of rotatable bonds is 2. The van der Waals surface area contributed by atoms with Gasteiger partial charge in [-0.3, -0.25) is 0 Å². The van der Waals surface area contributed by atoms with E-state index in [9.17, 15) is 0 Å². The second-order valence-corrected chi connectivity index (χ2v) is 3.66. The van der Waals surface area contributed by atoms with E-state index < -0.39 is 0 Å². The molecule has 0 spiro atoms. The van der Waals surface area contributed by atoms with Crippen molar-refractivity contribution >= 4 is 0 Å². The highest BCUT2D eigenvalue weighted by atomic mass is 14.1. The van der Waals surface area contributed by atoms with Crippen molar-refractivity contribution in [1.29, 1.82) is 0 Å². The Bertz CT molecular complexity index is 47.5. The van der Waals surface area contributed by atoms with Gasteiger partial charge in [-0.2, -0.15) is 0 Å². The van der Waals surface area contributed by atoms with Gasteiger partial charge >= 0.3 is 0 Å². The van der Waals surface area contributed by atoms with Crippen LogP contribution in [-0.2, 0) is 0 Å². The van der Waals surface area contributed by atoms with Crippen LogP contribution in [0.4, 0.5) is 0 Å². The molecule has 0 atom stereocenters. The summed E-state index contributed by atoms with van der Waals surface area (Å²) in [7, 11) is 0. The van der Waals surface area contributed by atoms with E-state index in [1.165, 1.54) is 19.3 Å². The molecule has 0 rings (SSSR count). The molecule has 10 heavy (non-hydrogen) atoms. The largest absolute Gasteiger partial charge is 0.0683 e. The van der Waals surface area contributed by atoms with Crippen molar-refractivity contribution in [3.8, 4) is 0 Å². The first-order valence-corrected chi connectivity index (χ1v) is 4.56. The quantitative estimate of drug-likeness (QED) is 0.543. The fourth-order valence-corrected chi connectivity index (χ4v) is 0.707. The molecule has 0 heterocycles. The Labute approximate surface area is 67.0 Å². The molecule has 0 aliphatic heterocycles. The molecule has 0 bridgehead atoms. The third-order valence-electron chi connectivity index (χ3n) is 1.28. The average molecular weight is 144 g/mol. The molecule has 0 amide bonds. The van der Waals surface area contributed by atoms with Crippen LogP contribution in [0, 0.1) is 5.41 Å². The maximum atomic E-state index is 2.29. The van der Waals surface area contributed by atoms with E-state index in [4.69, 9.17) is 0 Å². The van der Waals surface area contributed by atoms with E-state index >= 15 is 0 Å². The maximum absolute atomic E-state index is 2.29. The van der Waals surface area contributed by atoms with Crippen LogP contribution in [0.15, 0.2) is 0 Å². The van der Waals surface area contributed by atoms with Gasteiger partial charge in [0.05, 0.1) is 0 Å². The molecular formula is C10H24. The van der Waals surface area contributed by atoms with E-state index in [1.807, 2.05) is 13.8 Å². The van der Waals surface area contributed by atoms with Gasteiger partial charge in [0, 0.05) is 0 Å². The van der Waals surface area contributed by atoms with Gasteiger partial charge in [-0.25, -0.2) is 0 Å². The van der Waals surface area contributed by atoms with Crippen molar-refractivity contribution in [3.63, 3.8) is 0 Å². The first-order chi connectivity index (χ1) is 4.56. The first kappa shape index (κ1) is 12.7. The van der Waals surface area contributed by atoms with Crippen LogP contribution < -0.4 is 0 Å². The van der Waals surface area contributed by atoms with Gasteiger partial charge in [-0.1, -0.05) is 54.4 Å². The van der Waals surface area contributed by atoms with E-state index in [0.717, 1.165) is 0 Å².